The van der Waals surface area contributed by atoms with Crippen LogP contribution in [0.4, 0.5) is 0 Å². The number of nitrogens with zero attached hydrogens (tertiary/aromatic N) is 1. The summed E-state index contributed by atoms with van der Waals surface area (Å²) >= 11 is 1.80. The summed E-state index contributed by atoms with van der Waals surface area (Å²) in [6, 6.07) is 16.1. The summed E-state index contributed by atoms with van der Waals surface area (Å²) in [6.07, 6.45) is 0. The lowest BCUT2D eigenvalue weighted by molar-refractivity contribution is -1.02. The predicted molar refractivity (Wildman–Crippen MR) is 114 cm³/mol. The molecule has 0 saturated carbocycles. The van der Waals surface area contributed by atoms with Crippen LogP contribution in [-0.2, 0) is 17.9 Å². The van der Waals surface area contributed by atoms with Crippen LogP contribution >= 0.6 is 11.3 Å². The Morgan fingerprint density at radius 3 is 2.59 bits per heavy atom. The normalized spacial score (nSPS) is 19.2. The first kappa shape index (κ1) is 19.8. The molecule has 0 aliphatic carbocycles. The third-order valence-corrected chi connectivity index (χ3v) is 6.52. The van der Waals surface area contributed by atoms with E-state index >= 15 is 0 Å². The average Bonchev–Trinajstić information content (AvgIpc) is 3.16. The van der Waals surface area contributed by atoms with Gasteiger partial charge in [-0.25, -0.2) is 4.98 Å². The number of quaternary nitrogens is 2. The highest BCUT2D eigenvalue weighted by atomic mass is 32.1. The van der Waals surface area contributed by atoms with Gasteiger partial charge in [0.2, 0.25) is 0 Å². The van der Waals surface area contributed by atoms with Gasteiger partial charge in [0.15, 0.2) is 6.54 Å². The second-order valence-corrected chi connectivity index (χ2v) is 8.63. The molecule has 1 aromatic heterocycles. The van der Waals surface area contributed by atoms with E-state index in [0.29, 0.717) is 13.1 Å². The molecule has 29 heavy (non-hydrogen) atoms. The quantitative estimate of drug-likeness (QED) is 0.508. The molecule has 0 radical (unpaired) electrons. The number of benzene rings is 2. The smallest absolute Gasteiger partial charge is 0.275 e. The van der Waals surface area contributed by atoms with Crippen LogP contribution in [-0.4, -0.2) is 50.7 Å². The van der Waals surface area contributed by atoms with E-state index in [1.807, 2.05) is 30.3 Å². The van der Waals surface area contributed by atoms with E-state index in [0.717, 1.165) is 49.6 Å². The Balaban J connectivity index is 1.21. The lowest BCUT2D eigenvalue weighted by Gasteiger charge is -2.28. The van der Waals surface area contributed by atoms with Crippen molar-refractivity contribution in [2.24, 2.45) is 0 Å². The lowest BCUT2D eigenvalue weighted by Crippen LogP contribution is -3.28. The molecule has 1 aliphatic rings. The van der Waals surface area contributed by atoms with Gasteiger partial charge >= 0.3 is 0 Å². The Morgan fingerprint density at radius 2 is 1.79 bits per heavy atom. The molecule has 0 atom stereocenters. The van der Waals surface area contributed by atoms with Crippen molar-refractivity contribution in [1.29, 1.82) is 0 Å². The number of para-hydroxylation sites is 2. The van der Waals surface area contributed by atoms with Crippen molar-refractivity contribution in [2.75, 3.05) is 39.8 Å². The highest BCUT2D eigenvalue weighted by molar-refractivity contribution is 7.18. The van der Waals surface area contributed by atoms with Crippen molar-refractivity contribution < 1.29 is 19.3 Å². The zero-order valence-corrected chi connectivity index (χ0v) is 17.6. The number of fused-ring (bicyclic) bond motifs is 1. The number of thiazole rings is 1. The minimum Gasteiger partial charge on any atom is -0.496 e. The third kappa shape index (κ3) is 5.12. The number of methoxy groups -OCH3 is 1. The highest BCUT2D eigenvalue weighted by Crippen LogP contribution is 2.20. The number of hydrogen-bond acceptors (Lipinski definition) is 4. The number of hydrogen-bond donors (Lipinski definition) is 3. The second-order valence-electron chi connectivity index (χ2n) is 7.52. The topological polar surface area (TPSA) is 60.1 Å². The Morgan fingerprint density at radius 1 is 1.07 bits per heavy atom. The fourth-order valence-corrected chi connectivity index (χ4v) is 4.89. The molecular weight excluding hydrogens is 384 g/mol. The van der Waals surface area contributed by atoms with E-state index in [1.54, 1.807) is 23.3 Å². The predicted octanol–water partition coefficient (Wildman–Crippen LogP) is -0.0953. The van der Waals surface area contributed by atoms with E-state index in [9.17, 15) is 4.79 Å². The summed E-state index contributed by atoms with van der Waals surface area (Å²) in [5, 5.41) is 4.24. The van der Waals surface area contributed by atoms with Gasteiger partial charge in [-0.2, -0.15) is 0 Å². The zero-order chi connectivity index (χ0) is 20.1. The monoisotopic (exact) mass is 412 g/mol. The van der Waals surface area contributed by atoms with Crippen LogP contribution < -0.4 is 19.9 Å². The average molecular weight is 413 g/mol. The van der Waals surface area contributed by atoms with E-state index in [1.165, 1.54) is 14.6 Å². The van der Waals surface area contributed by atoms with Crippen LogP contribution in [0.2, 0.25) is 0 Å². The maximum absolute atomic E-state index is 12.4. The number of amides is 1. The third-order valence-electron chi connectivity index (χ3n) is 5.48. The van der Waals surface area contributed by atoms with E-state index in [-0.39, 0.29) is 5.91 Å². The van der Waals surface area contributed by atoms with Gasteiger partial charge in [0.05, 0.1) is 17.3 Å². The van der Waals surface area contributed by atoms with Gasteiger partial charge in [0.25, 0.3) is 5.91 Å². The summed E-state index contributed by atoms with van der Waals surface area (Å²) in [4.78, 5) is 20.0. The summed E-state index contributed by atoms with van der Waals surface area (Å²) in [5.41, 5.74) is 2.10. The number of carbonyl (C=O) groups excluding carboxylic acids is 1. The summed E-state index contributed by atoms with van der Waals surface area (Å²) in [5.74, 6) is 0.910. The van der Waals surface area contributed by atoms with Crippen molar-refractivity contribution in [3.05, 3.63) is 59.1 Å². The van der Waals surface area contributed by atoms with E-state index in [2.05, 4.69) is 23.5 Å². The molecule has 152 valence electrons. The molecule has 7 heteroatoms. The lowest BCUT2D eigenvalue weighted by atomic mass is 10.2. The Labute approximate surface area is 175 Å². The maximum Gasteiger partial charge on any atom is 0.275 e. The Kier molecular flexibility index (Phi) is 6.39. The molecule has 1 amide bonds. The first-order valence-corrected chi connectivity index (χ1v) is 10.9. The van der Waals surface area contributed by atoms with Crippen LogP contribution in [0, 0.1) is 0 Å². The van der Waals surface area contributed by atoms with Gasteiger partial charge in [-0.1, -0.05) is 30.3 Å². The van der Waals surface area contributed by atoms with Crippen molar-refractivity contribution >= 4 is 27.5 Å². The number of ether oxygens (including phenoxy) is 1. The molecule has 0 bridgehead atoms. The fraction of sp³-hybridized carbons (Fsp3) is 0.364. The number of aromatic nitrogens is 1. The van der Waals surface area contributed by atoms with Crippen molar-refractivity contribution in [1.82, 2.24) is 10.3 Å². The molecule has 1 saturated heterocycles. The van der Waals surface area contributed by atoms with Gasteiger partial charge in [-0.05, 0) is 18.2 Å². The number of nitrogens with one attached hydrogen (secondary N) is 3. The molecule has 0 spiro atoms. The fourth-order valence-electron chi connectivity index (χ4n) is 3.85. The Bertz CT molecular complexity index is 933. The largest absolute Gasteiger partial charge is 0.496 e. The molecule has 1 aliphatic heterocycles. The molecule has 1 fully saturated rings. The van der Waals surface area contributed by atoms with Crippen molar-refractivity contribution in [2.45, 2.75) is 13.1 Å². The first-order chi connectivity index (χ1) is 14.2. The second kappa shape index (κ2) is 9.35. The van der Waals surface area contributed by atoms with E-state index < -0.39 is 0 Å². The number of carbonyl (C=O) groups is 1. The van der Waals surface area contributed by atoms with Gasteiger partial charge < -0.3 is 19.9 Å². The zero-order valence-electron chi connectivity index (χ0n) is 16.7. The van der Waals surface area contributed by atoms with Crippen LogP contribution in [0.15, 0.2) is 48.5 Å². The summed E-state index contributed by atoms with van der Waals surface area (Å²) in [7, 11) is 1.65. The number of piperazine rings is 1. The highest BCUT2D eigenvalue weighted by Gasteiger charge is 2.25. The molecule has 3 N–H and O–H groups in total. The molecular formula is C22H28N4O2S+2. The van der Waals surface area contributed by atoms with Gasteiger partial charge in [-0.3, -0.25) is 4.79 Å². The molecule has 0 unspecified atom stereocenters. The maximum atomic E-state index is 12.4. The van der Waals surface area contributed by atoms with Crippen LogP contribution in [0.5, 0.6) is 5.75 Å². The summed E-state index contributed by atoms with van der Waals surface area (Å²) < 4.78 is 6.61. The van der Waals surface area contributed by atoms with Gasteiger partial charge in [0, 0.05) is 12.1 Å². The van der Waals surface area contributed by atoms with Gasteiger partial charge in [0.1, 0.15) is 43.5 Å². The van der Waals surface area contributed by atoms with Crippen LogP contribution in [0.3, 0.4) is 0 Å². The van der Waals surface area contributed by atoms with Crippen LogP contribution in [0.25, 0.3) is 10.2 Å². The molecule has 2 aromatic carbocycles. The Hall–Kier alpha value is -2.48. The standard InChI is InChI=1S/C22H26N4O2S/c1-28-19-8-4-2-6-17(19)14-23-21(27)15-25-10-12-26(13-11-25)16-22-24-18-7-3-5-9-20(18)29-22/h2-9H,10-16H2,1H3,(H,23,27)/p+2. The van der Waals surface area contributed by atoms with Crippen LogP contribution in [0.1, 0.15) is 10.6 Å². The minimum absolute atomic E-state index is 0.0977. The van der Waals surface area contributed by atoms with Crippen molar-refractivity contribution in [3.63, 3.8) is 0 Å². The molecule has 4 rings (SSSR count). The summed E-state index contributed by atoms with van der Waals surface area (Å²) in [6.45, 7) is 6.20. The molecule has 2 heterocycles. The number of rotatable bonds is 7. The van der Waals surface area contributed by atoms with E-state index in [4.69, 9.17) is 9.72 Å². The van der Waals surface area contributed by atoms with Crippen molar-refractivity contribution in [3.8, 4) is 5.75 Å². The SMILES string of the molecule is COc1ccccc1CNC(=O)C[NH+]1CC[NH+](Cc2nc3ccccc3s2)CC1. The molecule has 3 aromatic rings. The minimum atomic E-state index is 0.0977. The molecule has 6 nitrogen and oxygen atoms in total. The first-order valence-electron chi connectivity index (χ1n) is 10.1. The van der Waals surface area contributed by atoms with Gasteiger partial charge in [-0.15, -0.1) is 11.3 Å².